The second kappa shape index (κ2) is 6.45. The van der Waals surface area contributed by atoms with E-state index >= 15 is 0 Å². The molecule has 2 amide bonds. The van der Waals surface area contributed by atoms with Gasteiger partial charge in [0.2, 0.25) is 0 Å². The summed E-state index contributed by atoms with van der Waals surface area (Å²) in [5, 5.41) is 8.10. The summed E-state index contributed by atoms with van der Waals surface area (Å²) in [4.78, 5) is 35.1. The van der Waals surface area contributed by atoms with Crippen LogP contribution in [0, 0.1) is 5.92 Å². The lowest BCUT2D eigenvalue weighted by atomic mass is 10.1. The van der Waals surface area contributed by atoms with Crippen LogP contribution >= 0.6 is 0 Å². The topological polar surface area (TPSA) is 78.8 Å². The molecule has 1 heterocycles. The number of hydrogen-bond donors (Lipinski definition) is 1. The highest BCUT2D eigenvalue weighted by molar-refractivity contribution is 6.22. The number of nitrogens with zero attached hydrogens (tertiary/aromatic N) is 2. The van der Waals surface area contributed by atoms with Crippen LogP contribution < -0.4 is 10.3 Å². The molecule has 2 aromatic rings. The number of amides is 2. The maximum Gasteiger partial charge on any atom is 0.263 e. The monoisotopic (exact) mass is 321 g/mol. The van der Waals surface area contributed by atoms with Crippen molar-refractivity contribution < 1.29 is 14.4 Å². The Morgan fingerprint density at radius 2 is 1.79 bits per heavy atom. The third-order valence-electron chi connectivity index (χ3n) is 3.72. The van der Waals surface area contributed by atoms with Gasteiger partial charge >= 0.3 is 0 Å². The van der Waals surface area contributed by atoms with Crippen molar-refractivity contribution in [2.75, 3.05) is 10.3 Å². The van der Waals surface area contributed by atoms with Crippen LogP contribution in [0.2, 0.25) is 0 Å². The molecule has 0 saturated carbocycles. The Kier molecular flexibility index (Phi) is 4.20. The molecule has 0 bridgehead atoms. The Hall–Kier alpha value is -3.28. The molecule has 1 aliphatic rings. The van der Waals surface area contributed by atoms with Crippen molar-refractivity contribution in [2.45, 2.75) is 6.92 Å². The normalized spacial score (nSPS) is 16.7. The summed E-state index contributed by atoms with van der Waals surface area (Å²) < 4.78 is 0. The van der Waals surface area contributed by atoms with Crippen LogP contribution in [0.1, 0.15) is 17.3 Å². The van der Waals surface area contributed by atoms with Crippen LogP contribution in [0.4, 0.5) is 11.4 Å². The molecular formula is C18H15N3O3. The largest absolute Gasteiger partial charge is 0.322 e. The summed E-state index contributed by atoms with van der Waals surface area (Å²) in [6, 6.07) is 15.6. The summed E-state index contributed by atoms with van der Waals surface area (Å²) in [6.45, 7) is 1.64. The molecule has 6 nitrogen and oxygen atoms in total. The van der Waals surface area contributed by atoms with Gasteiger partial charge in [-0.1, -0.05) is 18.2 Å². The summed E-state index contributed by atoms with van der Waals surface area (Å²) in [6.07, 6.45) is 0.593. The fourth-order valence-corrected chi connectivity index (χ4v) is 2.40. The second-order valence-electron chi connectivity index (χ2n) is 5.37. The van der Waals surface area contributed by atoms with Crippen LogP contribution in [-0.4, -0.2) is 23.8 Å². The number of carbonyl (C=O) groups is 3. The predicted octanol–water partition coefficient (Wildman–Crippen LogP) is 2.48. The Morgan fingerprint density at radius 3 is 2.38 bits per heavy atom. The molecule has 1 aliphatic heterocycles. The van der Waals surface area contributed by atoms with Gasteiger partial charge in [-0.2, -0.15) is 10.1 Å². The molecule has 0 fully saturated rings. The first kappa shape index (κ1) is 15.6. The van der Waals surface area contributed by atoms with Gasteiger partial charge < -0.3 is 10.1 Å². The van der Waals surface area contributed by atoms with Crippen molar-refractivity contribution in [3.05, 3.63) is 60.2 Å². The van der Waals surface area contributed by atoms with Crippen molar-refractivity contribution >= 4 is 35.2 Å². The van der Waals surface area contributed by atoms with Crippen molar-refractivity contribution in [3.63, 3.8) is 0 Å². The molecule has 1 unspecified atom stereocenters. The predicted molar refractivity (Wildman–Crippen MR) is 91.0 cm³/mol. The van der Waals surface area contributed by atoms with E-state index in [4.69, 9.17) is 0 Å². The maximum absolute atomic E-state index is 12.1. The van der Waals surface area contributed by atoms with E-state index in [1.54, 1.807) is 55.5 Å². The molecule has 1 N–H and O–H groups in total. The first-order chi connectivity index (χ1) is 11.6. The lowest BCUT2D eigenvalue weighted by Crippen LogP contribution is -2.27. The van der Waals surface area contributed by atoms with Crippen LogP contribution in [0.5, 0.6) is 0 Å². The number of hydrogen-bond acceptors (Lipinski definition) is 4. The zero-order valence-corrected chi connectivity index (χ0v) is 13.0. The van der Waals surface area contributed by atoms with Gasteiger partial charge in [-0.05, 0) is 43.3 Å². The molecule has 120 valence electrons. The van der Waals surface area contributed by atoms with Crippen molar-refractivity contribution in [1.29, 1.82) is 0 Å². The Bertz CT molecular complexity index is 813. The average Bonchev–Trinajstić information content (AvgIpc) is 2.90. The first-order valence-corrected chi connectivity index (χ1v) is 7.41. The molecule has 0 aliphatic carbocycles. The molecule has 1 atom stereocenters. The van der Waals surface area contributed by atoms with E-state index in [1.165, 1.54) is 5.01 Å². The minimum Gasteiger partial charge on any atom is -0.322 e. The number of carbonyl (C=O) groups excluding carboxylic acids is 3. The standard InChI is InChI=1S/C18H15N3O3/c1-12-16(11-22)18(24)21(20-12)15-9-7-14(8-10-15)19-17(23)13-5-3-2-4-6-13/h2-11,16H,1H3,(H,19,23). The van der Waals surface area contributed by atoms with E-state index in [1.807, 2.05) is 6.07 Å². The average molecular weight is 321 g/mol. The number of anilines is 2. The summed E-state index contributed by atoms with van der Waals surface area (Å²) in [7, 11) is 0. The van der Waals surface area contributed by atoms with Gasteiger partial charge in [0.1, 0.15) is 12.2 Å². The molecule has 24 heavy (non-hydrogen) atoms. The number of nitrogens with one attached hydrogen (secondary N) is 1. The van der Waals surface area contributed by atoms with Gasteiger partial charge in [-0.25, -0.2) is 0 Å². The van der Waals surface area contributed by atoms with E-state index in [9.17, 15) is 14.4 Å². The number of rotatable bonds is 4. The fraction of sp³-hybridized carbons (Fsp3) is 0.111. The third kappa shape index (κ3) is 2.94. The molecule has 2 aromatic carbocycles. The fourth-order valence-electron chi connectivity index (χ4n) is 2.40. The van der Waals surface area contributed by atoms with Crippen molar-refractivity contribution in [3.8, 4) is 0 Å². The Labute approximate surface area is 138 Å². The van der Waals surface area contributed by atoms with Crippen LogP contribution in [0.15, 0.2) is 59.7 Å². The molecule has 0 radical (unpaired) electrons. The lowest BCUT2D eigenvalue weighted by Gasteiger charge is -2.13. The van der Waals surface area contributed by atoms with Gasteiger partial charge in [-0.3, -0.25) is 9.59 Å². The smallest absolute Gasteiger partial charge is 0.263 e. The van der Waals surface area contributed by atoms with Crippen LogP contribution in [0.25, 0.3) is 0 Å². The minimum absolute atomic E-state index is 0.213. The summed E-state index contributed by atoms with van der Waals surface area (Å²) in [5.41, 5.74) is 2.18. The maximum atomic E-state index is 12.1. The zero-order valence-electron chi connectivity index (χ0n) is 13.0. The van der Waals surface area contributed by atoms with E-state index in [0.29, 0.717) is 28.9 Å². The minimum atomic E-state index is -0.817. The Balaban J connectivity index is 1.74. The Morgan fingerprint density at radius 1 is 1.12 bits per heavy atom. The molecular weight excluding hydrogens is 306 g/mol. The summed E-state index contributed by atoms with van der Waals surface area (Å²) >= 11 is 0. The van der Waals surface area contributed by atoms with Crippen molar-refractivity contribution in [1.82, 2.24) is 0 Å². The molecule has 3 rings (SSSR count). The van der Waals surface area contributed by atoms with Gasteiger partial charge in [-0.15, -0.1) is 0 Å². The van der Waals surface area contributed by atoms with Gasteiger partial charge in [0.15, 0.2) is 0 Å². The van der Waals surface area contributed by atoms with E-state index in [0.717, 1.165) is 0 Å². The highest BCUT2D eigenvalue weighted by Crippen LogP contribution is 2.24. The van der Waals surface area contributed by atoms with E-state index in [2.05, 4.69) is 10.4 Å². The number of aldehydes is 1. The van der Waals surface area contributed by atoms with Gasteiger partial charge in [0.05, 0.1) is 11.4 Å². The van der Waals surface area contributed by atoms with Crippen LogP contribution in [-0.2, 0) is 9.59 Å². The van der Waals surface area contributed by atoms with Crippen molar-refractivity contribution in [2.24, 2.45) is 11.0 Å². The SMILES string of the molecule is CC1=NN(c2ccc(NC(=O)c3ccccc3)cc2)C(=O)C1C=O. The quantitative estimate of drug-likeness (QED) is 0.694. The first-order valence-electron chi connectivity index (χ1n) is 7.41. The highest BCUT2D eigenvalue weighted by atomic mass is 16.2. The second-order valence-corrected chi connectivity index (χ2v) is 5.37. The van der Waals surface area contributed by atoms with E-state index < -0.39 is 5.92 Å². The van der Waals surface area contributed by atoms with Gasteiger partial charge in [0.25, 0.3) is 11.8 Å². The van der Waals surface area contributed by atoms with Crippen LogP contribution in [0.3, 0.4) is 0 Å². The van der Waals surface area contributed by atoms with E-state index in [-0.39, 0.29) is 11.8 Å². The number of benzene rings is 2. The van der Waals surface area contributed by atoms with Gasteiger partial charge in [0, 0.05) is 11.3 Å². The molecule has 0 spiro atoms. The third-order valence-corrected chi connectivity index (χ3v) is 3.72. The molecule has 6 heteroatoms. The highest BCUT2D eigenvalue weighted by Gasteiger charge is 2.33. The lowest BCUT2D eigenvalue weighted by molar-refractivity contribution is -0.123. The number of hydrazone groups is 1. The molecule has 0 saturated heterocycles. The zero-order chi connectivity index (χ0) is 17.1. The summed E-state index contributed by atoms with van der Waals surface area (Å²) in [5.74, 6) is -1.40. The molecule has 0 aromatic heterocycles.